The molecule has 1 aromatic carbocycles. The average Bonchev–Trinajstić information content (AvgIpc) is 2.58. The van der Waals surface area contributed by atoms with Crippen LogP contribution in [0.2, 0.25) is 0 Å². The molecule has 1 heteroatoms. The Hall–Kier alpha value is -1.08. The third-order valence-corrected chi connectivity index (χ3v) is 4.99. The topological polar surface area (TPSA) is 9.23 Å². The van der Waals surface area contributed by atoms with Crippen LogP contribution in [0.15, 0.2) is 36.4 Å². The number of ether oxygens (including phenoxy) is 1. The first-order valence-electron chi connectivity index (χ1n) is 6.94. The molecule has 1 spiro atoms. The van der Waals surface area contributed by atoms with Crippen LogP contribution >= 0.6 is 0 Å². The molecule has 0 heterocycles. The summed E-state index contributed by atoms with van der Waals surface area (Å²) in [5.41, 5.74) is 4.25. The molecule has 1 atom stereocenters. The fourth-order valence-electron chi connectivity index (χ4n) is 3.71. The van der Waals surface area contributed by atoms with Crippen molar-refractivity contribution < 1.29 is 4.74 Å². The van der Waals surface area contributed by atoms with E-state index < -0.39 is 0 Å². The van der Waals surface area contributed by atoms with Gasteiger partial charge in [-0.2, -0.15) is 0 Å². The minimum Gasteiger partial charge on any atom is -0.366 e. The van der Waals surface area contributed by atoms with Gasteiger partial charge in [-0.3, -0.25) is 0 Å². The molecule has 0 amide bonds. The molecule has 2 aliphatic rings. The SMILES string of the molecule is C=C(C)COC1(C)c2ccccc2CC12CCC2. The zero-order valence-electron chi connectivity index (χ0n) is 11.5. The van der Waals surface area contributed by atoms with Gasteiger partial charge >= 0.3 is 0 Å². The molecule has 96 valence electrons. The molecular formula is C17H22O. The Balaban J connectivity index is 1.99. The first-order chi connectivity index (χ1) is 8.57. The molecule has 18 heavy (non-hydrogen) atoms. The fourth-order valence-corrected chi connectivity index (χ4v) is 3.71. The number of hydrogen-bond acceptors (Lipinski definition) is 1. The summed E-state index contributed by atoms with van der Waals surface area (Å²) >= 11 is 0. The zero-order chi connectivity index (χ0) is 12.8. The second-order valence-electron chi connectivity index (χ2n) is 6.25. The molecule has 2 aliphatic carbocycles. The smallest absolute Gasteiger partial charge is 0.0969 e. The van der Waals surface area contributed by atoms with Gasteiger partial charge in [0.15, 0.2) is 0 Å². The Morgan fingerprint density at radius 3 is 2.67 bits per heavy atom. The van der Waals surface area contributed by atoms with Gasteiger partial charge in [-0.25, -0.2) is 0 Å². The van der Waals surface area contributed by atoms with Crippen LogP contribution in [0, 0.1) is 5.41 Å². The number of hydrogen-bond donors (Lipinski definition) is 0. The minimum absolute atomic E-state index is 0.110. The van der Waals surface area contributed by atoms with Gasteiger partial charge in [0.25, 0.3) is 0 Å². The Kier molecular flexibility index (Phi) is 2.63. The van der Waals surface area contributed by atoms with Crippen molar-refractivity contribution in [2.45, 2.75) is 45.1 Å². The maximum atomic E-state index is 6.34. The van der Waals surface area contributed by atoms with E-state index in [2.05, 4.69) is 37.8 Å². The molecule has 3 rings (SSSR count). The van der Waals surface area contributed by atoms with E-state index in [4.69, 9.17) is 4.74 Å². The second-order valence-corrected chi connectivity index (χ2v) is 6.25. The average molecular weight is 242 g/mol. The number of rotatable bonds is 3. The van der Waals surface area contributed by atoms with Crippen LogP contribution in [-0.2, 0) is 16.8 Å². The molecule has 0 aromatic heterocycles. The largest absolute Gasteiger partial charge is 0.366 e. The maximum Gasteiger partial charge on any atom is 0.0969 e. The summed E-state index contributed by atoms with van der Waals surface area (Å²) in [6, 6.07) is 8.81. The molecule has 1 nitrogen and oxygen atoms in total. The van der Waals surface area contributed by atoms with Crippen molar-refractivity contribution in [3.05, 3.63) is 47.5 Å². The summed E-state index contributed by atoms with van der Waals surface area (Å²) in [6.07, 6.45) is 5.14. The van der Waals surface area contributed by atoms with Crippen LogP contribution < -0.4 is 0 Å². The van der Waals surface area contributed by atoms with E-state index in [0.29, 0.717) is 12.0 Å². The maximum absolute atomic E-state index is 6.34. The lowest BCUT2D eigenvalue weighted by molar-refractivity contribution is -0.147. The van der Waals surface area contributed by atoms with E-state index in [9.17, 15) is 0 Å². The lowest BCUT2D eigenvalue weighted by Crippen LogP contribution is -2.47. The second kappa shape index (κ2) is 3.96. The highest BCUT2D eigenvalue weighted by atomic mass is 16.5. The van der Waals surface area contributed by atoms with Crippen molar-refractivity contribution in [3.63, 3.8) is 0 Å². The third-order valence-electron chi connectivity index (χ3n) is 4.99. The van der Waals surface area contributed by atoms with Gasteiger partial charge in [-0.1, -0.05) is 42.8 Å². The fraction of sp³-hybridized carbons (Fsp3) is 0.529. The lowest BCUT2D eigenvalue weighted by Gasteiger charge is -2.50. The first-order valence-corrected chi connectivity index (χ1v) is 6.94. The Labute approximate surface area is 110 Å². The van der Waals surface area contributed by atoms with Gasteiger partial charge in [0.1, 0.15) is 0 Å². The molecule has 1 fully saturated rings. The highest BCUT2D eigenvalue weighted by Crippen LogP contribution is 2.62. The Morgan fingerprint density at radius 1 is 1.33 bits per heavy atom. The molecular weight excluding hydrogens is 220 g/mol. The highest BCUT2D eigenvalue weighted by Gasteiger charge is 2.58. The third kappa shape index (κ3) is 1.50. The van der Waals surface area contributed by atoms with Crippen molar-refractivity contribution >= 4 is 0 Å². The predicted molar refractivity (Wildman–Crippen MR) is 74.5 cm³/mol. The summed E-state index contributed by atoms with van der Waals surface area (Å²) in [6.45, 7) is 8.97. The quantitative estimate of drug-likeness (QED) is 0.721. The van der Waals surface area contributed by atoms with Crippen LogP contribution in [0.1, 0.15) is 44.2 Å². The van der Waals surface area contributed by atoms with Crippen molar-refractivity contribution in [3.8, 4) is 0 Å². The van der Waals surface area contributed by atoms with Crippen molar-refractivity contribution in [1.82, 2.24) is 0 Å². The highest BCUT2D eigenvalue weighted by molar-refractivity contribution is 5.42. The molecule has 0 N–H and O–H groups in total. The summed E-state index contributed by atoms with van der Waals surface area (Å²) in [4.78, 5) is 0. The Bertz CT molecular complexity index is 484. The summed E-state index contributed by atoms with van der Waals surface area (Å²) < 4.78 is 6.34. The Morgan fingerprint density at radius 2 is 2.06 bits per heavy atom. The summed E-state index contributed by atoms with van der Waals surface area (Å²) in [7, 11) is 0. The van der Waals surface area contributed by atoms with E-state index in [1.807, 2.05) is 6.92 Å². The van der Waals surface area contributed by atoms with Crippen LogP contribution in [0.3, 0.4) is 0 Å². The van der Waals surface area contributed by atoms with Crippen molar-refractivity contribution in [1.29, 1.82) is 0 Å². The molecule has 1 unspecified atom stereocenters. The van der Waals surface area contributed by atoms with E-state index >= 15 is 0 Å². The summed E-state index contributed by atoms with van der Waals surface area (Å²) in [5, 5.41) is 0. The zero-order valence-corrected chi connectivity index (χ0v) is 11.5. The summed E-state index contributed by atoms with van der Waals surface area (Å²) in [5.74, 6) is 0. The molecule has 0 bridgehead atoms. The lowest BCUT2D eigenvalue weighted by atomic mass is 9.59. The molecule has 0 radical (unpaired) electrons. The van der Waals surface area contributed by atoms with Crippen molar-refractivity contribution in [2.24, 2.45) is 5.41 Å². The molecule has 0 aliphatic heterocycles. The van der Waals surface area contributed by atoms with Crippen LogP contribution in [0.5, 0.6) is 0 Å². The van der Waals surface area contributed by atoms with Gasteiger partial charge in [0.2, 0.25) is 0 Å². The van der Waals surface area contributed by atoms with Crippen LogP contribution in [0.4, 0.5) is 0 Å². The van der Waals surface area contributed by atoms with Gasteiger partial charge in [-0.05, 0) is 44.2 Å². The van der Waals surface area contributed by atoms with Gasteiger partial charge in [0, 0.05) is 5.41 Å². The van der Waals surface area contributed by atoms with E-state index in [1.54, 1.807) is 0 Å². The van der Waals surface area contributed by atoms with E-state index in [1.165, 1.54) is 36.8 Å². The van der Waals surface area contributed by atoms with Gasteiger partial charge in [0.05, 0.1) is 12.2 Å². The standard InChI is InChI=1S/C17H22O/c1-13(2)12-18-16(3)15-8-5-4-7-14(15)11-17(16)9-6-10-17/h4-5,7-8H,1,6,9-12H2,2-3H3. The van der Waals surface area contributed by atoms with E-state index in [-0.39, 0.29) is 5.60 Å². The number of fused-ring (bicyclic) bond motifs is 1. The monoisotopic (exact) mass is 242 g/mol. The molecule has 0 saturated heterocycles. The van der Waals surface area contributed by atoms with Gasteiger partial charge < -0.3 is 4.74 Å². The number of benzene rings is 1. The van der Waals surface area contributed by atoms with Crippen LogP contribution in [0.25, 0.3) is 0 Å². The van der Waals surface area contributed by atoms with Crippen molar-refractivity contribution in [2.75, 3.05) is 6.61 Å². The minimum atomic E-state index is -0.110. The predicted octanol–water partition coefficient (Wildman–Crippen LogP) is 4.22. The molecule has 1 aromatic rings. The molecule has 1 saturated carbocycles. The van der Waals surface area contributed by atoms with Crippen LogP contribution in [-0.4, -0.2) is 6.61 Å². The van der Waals surface area contributed by atoms with Gasteiger partial charge in [-0.15, -0.1) is 0 Å². The first kappa shape index (κ1) is 12.0. The normalized spacial score (nSPS) is 27.9. The van der Waals surface area contributed by atoms with E-state index in [0.717, 1.165) is 5.57 Å².